The lowest BCUT2D eigenvalue weighted by molar-refractivity contribution is 0.0975. The molecule has 0 N–H and O–H groups in total. The Balaban J connectivity index is 2.03. The summed E-state index contributed by atoms with van der Waals surface area (Å²) < 4.78 is 13.4. The van der Waals surface area contributed by atoms with Gasteiger partial charge in [-0.1, -0.05) is 23.2 Å². The van der Waals surface area contributed by atoms with E-state index in [4.69, 9.17) is 23.2 Å². The molecule has 3 rings (SSSR count). The zero-order chi connectivity index (χ0) is 15.9. The fourth-order valence-corrected chi connectivity index (χ4v) is 3.10. The number of hydrogen-bond acceptors (Lipinski definition) is 1. The van der Waals surface area contributed by atoms with Crippen molar-refractivity contribution in [1.82, 2.24) is 0 Å². The fourth-order valence-electron chi connectivity index (χ4n) is 2.80. The molecule has 5 heteroatoms. The first-order chi connectivity index (χ1) is 10.5. The predicted molar refractivity (Wildman–Crippen MR) is 87.5 cm³/mol. The Morgan fingerprint density at radius 3 is 2.68 bits per heavy atom. The van der Waals surface area contributed by atoms with E-state index in [2.05, 4.69) is 0 Å². The minimum atomic E-state index is -0.282. The number of rotatable bonds is 1. The van der Waals surface area contributed by atoms with Gasteiger partial charge in [-0.25, -0.2) is 4.39 Å². The minimum absolute atomic E-state index is 0.0416. The SMILES string of the molecule is CC1CCc2cc(F)ccc2N1C(=O)c1ccc(Cl)c(Cl)c1. The summed E-state index contributed by atoms with van der Waals surface area (Å²) in [7, 11) is 0. The summed E-state index contributed by atoms with van der Waals surface area (Å²) in [6.45, 7) is 1.99. The topological polar surface area (TPSA) is 20.3 Å². The normalized spacial score (nSPS) is 17.3. The quantitative estimate of drug-likeness (QED) is 0.707. The van der Waals surface area contributed by atoms with E-state index in [0.29, 0.717) is 15.6 Å². The summed E-state index contributed by atoms with van der Waals surface area (Å²) in [6.07, 6.45) is 1.56. The summed E-state index contributed by atoms with van der Waals surface area (Å²) in [4.78, 5) is 14.6. The summed E-state index contributed by atoms with van der Waals surface area (Å²) in [5, 5.41) is 0.754. The van der Waals surface area contributed by atoms with Crippen LogP contribution in [0.5, 0.6) is 0 Å². The van der Waals surface area contributed by atoms with Crippen molar-refractivity contribution < 1.29 is 9.18 Å². The van der Waals surface area contributed by atoms with Crippen LogP contribution in [-0.2, 0) is 6.42 Å². The van der Waals surface area contributed by atoms with E-state index in [1.807, 2.05) is 6.92 Å². The molecular weight excluding hydrogens is 324 g/mol. The number of anilines is 1. The van der Waals surface area contributed by atoms with E-state index in [9.17, 15) is 9.18 Å². The number of hydrogen-bond donors (Lipinski definition) is 0. The summed E-state index contributed by atoms with van der Waals surface area (Å²) in [5.74, 6) is -0.436. The van der Waals surface area contributed by atoms with Gasteiger partial charge >= 0.3 is 0 Å². The van der Waals surface area contributed by atoms with Crippen LogP contribution in [0, 0.1) is 5.82 Å². The zero-order valence-electron chi connectivity index (χ0n) is 11.9. The number of fused-ring (bicyclic) bond motifs is 1. The number of benzene rings is 2. The van der Waals surface area contributed by atoms with Gasteiger partial charge in [-0.3, -0.25) is 4.79 Å². The lowest BCUT2D eigenvalue weighted by atomic mass is 9.95. The van der Waals surface area contributed by atoms with Gasteiger partial charge in [0, 0.05) is 17.3 Å². The molecule has 1 heterocycles. The Labute approximate surface area is 138 Å². The molecule has 0 saturated heterocycles. The van der Waals surface area contributed by atoms with Crippen molar-refractivity contribution in [2.45, 2.75) is 25.8 Å². The molecule has 0 bridgehead atoms. The highest BCUT2D eigenvalue weighted by Crippen LogP contribution is 2.33. The molecular formula is C17H14Cl2FNO. The van der Waals surface area contributed by atoms with E-state index >= 15 is 0 Å². The summed E-state index contributed by atoms with van der Waals surface area (Å²) in [6, 6.07) is 9.41. The van der Waals surface area contributed by atoms with E-state index in [1.165, 1.54) is 12.1 Å². The third-order valence-electron chi connectivity index (χ3n) is 3.96. The monoisotopic (exact) mass is 337 g/mol. The van der Waals surface area contributed by atoms with Gasteiger partial charge in [0.25, 0.3) is 5.91 Å². The van der Waals surface area contributed by atoms with Crippen molar-refractivity contribution in [3.8, 4) is 0 Å². The maximum atomic E-state index is 13.4. The van der Waals surface area contributed by atoms with Gasteiger partial charge in [-0.05, 0) is 61.7 Å². The molecule has 1 unspecified atom stereocenters. The van der Waals surface area contributed by atoms with Crippen LogP contribution in [0.3, 0.4) is 0 Å². The van der Waals surface area contributed by atoms with E-state index in [-0.39, 0.29) is 17.8 Å². The van der Waals surface area contributed by atoms with Crippen molar-refractivity contribution >= 4 is 34.8 Å². The Hall–Kier alpha value is -1.58. The maximum Gasteiger partial charge on any atom is 0.258 e. The first-order valence-corrected chi connectivity index (χ1v) is 7.80. The Morgan fingerprint density at radius 1 is 1.18 bits per heavy atom. The van der Waals surface area contributed by atoms with Crippen molar-refractivity contribution in [3.05, 3.63) is 63.4 Å². The molecule has 0 aliphatic carbocycles. The molecule has 1 amide bonds. The molecule has 1 atom stereocenters. The third kappa shape index (κ3) is 2.71. The maximum absolute atomic E-state index is 13.4. The molecule has 2 aromatic rings. The van der Waals surface area contributed by atoms with Gasteiger partial charge < -0.3 is 4.90 Å². The standard InChI is InChI=1S/C17H14Cl2FNO/c1-10-2-3-11-8-13(20)5-7-16(11)21(10)17(22)12-4-6-14(18)15(19)9-12/h4-10H,2-3H2,1H3. The van der Waals surface area contributed by atoms with Crippen LogP contribution in [0.1, 0.15) is 29.3 Å². The number of carbonyl (C=O) groups excluding carboxylic acids is 1. The van der Waals surface area contributed by atoms with Crippen molar-refractivity contribution in [2.24, 2.45) is 0 Å². The van der Waals surface area contributed by atoms with Crippen LogP contribution in [0.15, 0.2) is 36.4 Å². The molecule has 22 heavy (non-hydrogen) atoms. The molecule has 1 aliphatic rings. The Bertz CT molecular complexity index is 747. The van der Waals surface area contributed by atoms with Crippen molar-refractivity contribution in [3.63, 3.8) is 0 Å². The molecule has 0 spiro atoms. The molecule has 1 aliphatic heterocycles. The summed E-state index contributed by atoms with van der Waals surface area (Å²) in [5.41, 5.74) is 2.08. The van der Waals surface area contributed by atoms with Gasteiger partial charge in [-0.15, -0.1) is 0 Å². The first kappa shape index (κ1) is 15.3. The molecule has 0 fully saturated rings. The zero-order valence-corrected chi connectivity index (χ0v) is 13.5. The highest BCUT2D eigenvalue weighted by molar-refractivity contribution is 6.42. The van der Waals surface area contributed by atoms with Crippen molar-refractivity contribution in [1.29, 1.82) is 0 Å². The van der Waals surface area contributed by atoms with E-state index < -0.39 is 0 Å². The van der Waals surface area contributed by atoms with Crippen molar-refractivity contribution in [2.75, 3.05) is 4.90 Å². The van der Waals surface area contributed by atoms with Crippen LogP contribution >= 0.6 is 23.2 Å². The van der Waals surface area contributed by atoms with E-state index in [0.717, 1.165) is 24.1 Å². The Morgan fingerprint density at radius 2 is 1.95 bits per heavy atom. The van der Waals surface area contributed by atoms with Crippen LogP contribution in [0.25, 0.3) is 0 Å². The van der Waals surface area contributed by atoms with Gasteiger partial charge in [0.15, 0.2) is 0 Å². The van der Waals surface area contributed by atoms with Crippen LogP contribution in [0.2, 0.25) is 10.0 Å². The van der Waals surface area contributed by atoms with Gasteiger partial charge in [-0.2, -0.15) is 0 Å². The average molecular weight is 338 g/mol. The highest BCUT2D eigenvalue weighted by Gasteiger charge is 2.29. The molecule has 0 saturated carbocycles. The van der Waals surface area contributed by atoms with Gasteiger partial charge in [0.05, 0.1) is 10.0 Å². The molecule has 0 radical (unpaired) electrons. The molecule has 2 nitrogen and oxygen atoms in total. The molecule has 114 valence electrons. The second kappa shape index (κ2) is 5.90. The number of amides is 1. The number of carbonyl (C=O) groups is 1. The molecule has 2 aromatic carbocycles. The second-order valence-electron chi connectivity index (χ2n) is 5.46. The lowest BCUT2D eigenvalue weighted by Gasteiger charge is -2.35. The fraction of sp³-hybridized carbons (Fsp3) is 0.235. The van der Waals surface area contributed by atoms with Gasteiger partial charge in [0.1, 0.15) is 5.82 Å². The van der Waals surface area contributed by atoms with E-state index in [1.54, 1.807) is 29.2 Å². The Kier molecular flexibility index (Phi) is 4.11. The van der Waals surface area contributed by atoms with Crippen LogP contribution in [-0.4, -0.2) is 11.9 Å². The van der Waals surface area contributed by atoms with Crippen LogP contribution < -0.4 is 4.90 Å². The second-order valence-corrected chi connectivity index (χ2v) is 6.28. The molecule has 0 aromatic heterocycles. The smallest absolute Gasteiger partial charge is 0.258 e. The van der Waals surface area contributed by atoms with Crippen LogP contribution in [0.4, 0.5) is 10.1 Å². The lowest BCUT2D eigenvalue weighted by Crippen LogP contribution is -2.42. The van der Waals surface area contributed by atoms with Gasteiger partial charge in [0.2, 0.25) is 0 Å². The summed E-state index contributed by atoms with van der Waals surface area (Å²) >= 11 is 11.9. The average Bonchev–Trinajstić information content (AvgIpc) is 2.49. The number of aryl methyl sites for hydroxylation is 1. The largest absolute Gasteiger partial charge is 0.305 e. The number of nitrogens with zero attached hydrogens (tertiary/aromatic N) is 1. The third-order valence-corrected chi connectivity index (χ3v) is 4.70. The first-order valence-electron chi connectivity index (χ1n) is 7.04. The minimum Gasteiger partial charge on any atom is -0.305 e. The highest BCUT2D eigenvalue weighted by atomic mass is 35.5. The predicted octanol–water partition coefficient (Wildman–Crippen LogP) is 5.11. The number of halogens is 3.